The van der Waals surface area contributed by atoms with Crippen molar-refractivity contribution in [2.75, 3.05) is 16.6 Å². The molecule has 0 aliphatic carbocycles. The Morgan fingerprint density at radius 3 is 2.50 bits per heavy atom. The topological polar surface area (TPSA) is 63.2 Å². The van der Waals surface area contributed by atoms with Crippen LogP contribution in [0.15, 0.2) is 16.9 Å². The molecule has 0 radical (unpaired) electrons. The fraction of sp³-hybridized carbons (Fsp3) is 0.429. The van der Waals surface area contributed by atoms with Crippen molar-refractivity contribution in [1.29, 1.82) is 0 Å². The zero-order valence-corrected chi connectivity index (χ0v) is 9.62. The van der Waals surface area contributed by atoms with Crippen LogP contribution in [0.2, 0.25) is 0 Å². The third kappa shape index (κ3) is 1.74. The summed E-state index contributed by atoms with van der Waals surface area (Å²) < 4.78 is 24.9. The fourth-order valence-corrected chi connectivity index (χ4v) is 2.97. The highest BCUT2D eigenvalue weighted by molar-refractivity contribution is 9.10. The van der Waals surface area contributed by atoms with Gasteiger partial charge >= 0.3 is 0 Å². The van der Waals surface area contributed by atoms with Gasteiger partial charge in [0.15, 0.2) is 0 Å². The Labute approximate surface area is 90.3 Å². The molecule has 0 spiro atoms. The Balaban J connectivity index is 2.36. The van der Waals surface area contributed by atoms with E-state index in [1.165, 1.54) is 16.7 Å². The van der Waals surface area contributed by atoms with Crippen molar-refractivity contribution in [3.05, 3.63) is 16.9 Å². The van der Waals surface area contributed by atoms with E-state index in [1.807, 2.05) is 0 Å². The van der Waals surface area contributed by atoms with Gasteiger partial charge in [-0.1, -0.05) is 0 Å². The first-order valence-corrected chi connectivity index (χ1v) is 6.48. The molecule has 76 valence electrons. The van der Waals surface area contributed by atoms with E-state index in [9.17, 15) is 8.42 Å². The first kappa shape index (κ1) is 9.85. The number of nitrogens with zero attached hydrogens (tertiary/aromatic N) is 3. The van der Waals surface area contributed by atoms with Crippen LogP contribution in [-0.2, 0) is 10.0 Å². The van der Waals surface area contributed by atoms with Gasteiger partial charge in [0.25, 0.3) is 0 Å². The molecule has 1 aliphatic heterocycles. The van der Waals surface area contributed by atoms with Crippen LogP contribution in [0.4, 0.5) is 5.95 Å². The van der Waals surface area contributed by atoms with Crippen LogP contribution in [0.1, 0.15) is 6.42 Å². The Morgan fingerprint density at radius 2 is 2.00 bits per heavy atom. The highest BCUT2D eigenvalue weighted by Crippen LogP contribution is 2.20. The summed E-state index contributed by atoms with van der Waals surface area (Å²) >= 11 is 3.19. The van der Waals surface area contributed by atoms with Crippen molar-refractivity contribution in [1.82, 2.24) is 9.97 Å². The standard InChI is InChI=1S/C7H8BrN3O2S/c8-6-4-9-7(10-5-6)11-2-1-3-14(11,12)13/h4-5H,1-3H2. The molecule has 0 aromatic carbocycles. The van der Waals surface area contributed by atoms with Crippen molar-refractivity contribution in [2.24, 2.45) is 0 Å². The number of hydrogen-bond acceptors (Lipinski definition) is 4. The van der Waals surface area contributed by atoms with Gasteiger partial charge in [-0.3, -0.25) is 0 Å². The molecule has 7 heteroatoms. The summed E-state index contributed by atoms with van der Waals surface area (Å²) in [5.74, 6) is 0.442. The number of halogens is 1. The molecule has 5 nitrogen and oxygen atoms in total. The van der Waals surface area contributed by atoms with Gasteiger partial charge in [-0.05, 0) is 22.4 Å². The zero-order chi connectivity index (χ0) is 10.2. The molecule has 0 amide bonds. The van der Waals surface area contributed by atoms with Crippen LogP contribution in [0.25, 0.3) is 0 Å². The van der Waals surface area contributed by atoms with E-state index in [2.05, 4.69) is 25.9 Å². The minimum absolute atomic E-state index is 0.187. The third-order valence-electron chi connectivity index (χ3n) is 1.93. The molecule has 1 aromatic heterocycles. The van der Waals surface area contributed by atoms with E-state index in [-0.39, 0.29) is 11.7 Å². The maximum absolute atomic E-state index is 11.5. The highest BCUT2D eigenvalue weighted by atomic mass is 79.9. The van der Waals surface area contributed by atoms with E-state index < -0.39 is 10.0 Å². The molecule has 14 heavy (non-hydrogen) atoms. The first-order chi connectivity index (χ1) is 6.59. The van der Waals surface area contributed by atoms with Crippen LogP contribution in [0.3, 0.4) is 0 Å². The van der Waals surface area contributed by atoms with E-state index >= 15 is 0 Å². The van der Waals surface area contributed by atoms with Gasteiger partial charge in [0, 0.05) is 18.9 Å². The fourth-order valence-electron chi connectivity index (χ4n) is 1.30. The molecule has 2 heterocycles. The zero-order valence-electron chi connectivity index (χ0n) is 7.22. The highest BCUT2D eigenvalue weighted by Gasteiger charge is 2.30. The van der Waals surface area contributed by atoms with Crippen LogP contribution < -0.4 is 4.31 Å². The van der Waals surface area contributed by atoms with Gasteiger partial charge in [0.05, 0.1) is 10.2 Å². The van der Waals surface area contributed by atoms with Crippen molar-refractivity contribution >= 4 is 31.9 Å². The second-order valence-corrected chi connectivity index (χ2v) is 5.87. The smallest absolute Gasteiger partial charge is 0.238 e. The summed E-state index contributed by atoms with van der Waals surface area (Å²) in [5, 5.41) is 0. The summed E-state index contributed by atoms with van der Waals surface area (Å²) in [6, 6.07) is 0. The largest absolute Gasteiger partial charge is 0.239 e. The quantitative estimate of drug-likeness (QED) is 0.761. The summed E-state index contributed by atoms with van der Waals surface area (Å²) in [5.41, 5.74) is 0. The van der Waals surface area contributed by atoms with Crippen LogP contribution in [-0.4, -0.2) is 30.7 Å². The van der Waals surface area contributed by atoms with Gasteiger partial charge in [0.2, 0.25) is 16.0 Å². The molecule has 0 bridgehead atoms. The molecule has 0 unspecified atom stereocenters. The molecule has 1 saturated heterocycles. The third-order valence-corrected chi connectivity index (χ3v) is 4.16. The molecule has 0 atom stereocenters. The summed E-state index contributed by atoms with van der Waals surface area (Å²) in [6.45, 7) is 0.476. The number of hydrogen-bond donors (Lipinski definition) is 0. The van der Waals surface area contributed by atoms with Crippen molar-refractivity contribution < 1.29 is 8.42 Å². The van der Waals surface area contributed by atoms with Gasteiger partial charge < -0.3 is 0 Å². The maximum atomic E-state index is 11.5. The minimum atomic E-state index is -3.16. The number of aromatic nitrogens is 2. The molecular formula is C7H8BrN3O2S. The maximum Gasteiger partial charge on any atom is 0.239 e. The second-order valence-electron chi connectivity index (χ2n) is 2.94. The van der Waals surface area contributed by atoms with E-state index in [0.29, 0.717) is 13.0 Å². The average Bonchev–Trinajstić information content (AvgIpc) is 2.47. The van der Waals surface area contributed by atoms with Crippen LogP contribution in [0, 0.1) is 0 Å². The monoisotopic (exact) mass is 277 g/mol. The van der Waals surface area contributed by atoms with E-state index in [1.54, 1.807) is 0 Å². The molecule has 2 rings (SSSR count). The normalized spacial score (nSPS) is 19.9. The second kappa shape index (κ2) is 3.47. The molecule has 0 saturated carbocycles. The molecular weight excluding hydrogens is 270 g/mol. The molecule has 0 N–H and O–H groups in total. The van der Waals surface area contributed by atoms with Crippen molar-refractivity contribution in [2.45, 2.75) is 6.42 Å². The van der Waals surface area contributed by atoms with Crippen molar-refractivity contribution in [3.8, 4) is 0 Å². The lowest BCUT2D eigenvalue weighted by Gasteiger charge is -2.13. The van der Waals surface area contributed by atoms with E-state index in [4.69, 9.17) is 0 Å². The summed E-state index contributed by atoms with van der Waals surface area (Å²) in [7, 11) is -3.16. The summed E-state index contributed by atoms with van der Waals surface area (Å²) in [4.78, 5) is 7.89. The molecule has 1 aliphatic rings. The van der Waals surface area contributed by atoms with Gasteiger partial charge in [-0.15, -0.1) is 0 Å². The van der Waals surface area contributed by atoms with Crippen LogP contribution >= 0.6 is 15.9 Å². The Hall–Kier alpha value is -0.690. The Kier molecular flexibility index (Phi) is 2.44. The Morgan fingerprint density at radius 1 is 1.36 bits per heavy atom. The summed E-state index contributed by atoms with van der Waals surface area (Å²) in [6.07, 6.45) is 3.72. The number of anilines is 1. The number of sulfonamides is 1. The van der Waals surface area contributed by atoms with Crippen molar-refractivity contribution in [3.63, 3.8) is 0 Å². The molecule has 1 fully saturated rings. The molecule has 1 aromatic rings. The lowest BCUT2D eigenvalue weighted by molar-refractivity contribution is 0.598. The Bertz CT molecular complexity index is 431. The van der Waals surface area contributed by atoms with Gasteiger partial charge in [0.1, 0.15) is 0 Å². The lowest BCUT2D eigenvalue weighted by atomic mass is 10.5. The average molecular weight is 278 g/mol. The van der Waals surface area contributed by atoms with Crippen LogP contribution in [0.5, 0.6) is 0 Å². The van der Waals surface area contributed by atoms with Gasteiger partial charge in [-0.25, -0.2) is 22.7 Å². The predicted molar refractivity (Wildman–Crippen MR) is 55.5 cm³/mol. The SMILES string of the molecule is O=S1(=O)CCCN1c1ncc(Br)cn1. The van der Waals surface area contributed by atoms with Gasteiger partial charge in [-0.2, -0.15) is 0 Å². The number of rotatable bonds is 1. The predicted octanol–water partition coefficient (Wildman–Crippen LogP) is 0.779. The minimum Gasteiger partial charge on any atom is -0.238 e. The lowest BCUT2D eigenvalue weighted by Crippen LogP contribution is -2.26. The first-order valence-electron chi connectivity index (χ1n) is 4.07. The van der Waals surface area contributed by atoms with E-state index in [0.717, 1.165) is 4.47 Å².